The van der Waals surface area contributed by atoms with Crippen LogP contribution in [0.4, 0.5) is 0 Å². The Kier molecular flexibility index (Phi) is 0.895. The van der Waals surface area contributed by atoms with Crippen LogP contribution in [-0.2, 0) is 0 Å². The van der Waals surface area contributed by atoms with E-state index in [-0.39, 0.29) is 0 Å². The Balaban J connectivity index is 1.46. The summed E-state index contributed by atoms with van der Waals surface area (Å²) in [5, 5.41) is 0. The molecule has 15 heavy (non-hydrogen) atoms. The Hall–Kier alpha value is 0. The Morgan fingerprint density at radius 1 is 0.533 bits per heavy atom. The van der Waals surface area contributed by atoms with Crippen molar-refractivity contribution in [1.29, 1.82) is 0 Å². The van der Waals surface area contributed by atoms with E-state index in [1.54, 1.807) is 38.5 Å². The van der Waals surface area contributed by atoms with Crippen LogP contribution in [-0.4, -0.2) is 0 Å². The fourth-order valence-corrected chi connectivity index (χ4v) is 8.08. The van der Waals surface area contributed by atoms with Crippen molar-refractivity contribution in [3.8, 4) is 0 Å². The summed E-state index contributed by atoms with van der Waals surface area (Å²) in [7, 11) is 0. The zero-order chi connectivity index (χ0) is 9.36. The molecule has 0 aromatic carbocycles. The van der Waals surface area contributed by atoms with Crippen molar-refractivity contribution < 1.29 is 0 Å². The van der Waals surface area contributed by atoms with Crippen molar-refractivity contribution in [2.75, 3.05) is 0 Å². The molecule has 0 aromatic heterocycles. The minimum absolute atomic E-state index is 1.04. The number of rotatable bonds is 0. The van der Waals surface area contributed by atoms with E-state index in [2.05, 4.69) is 0 Å². The average molecular weight is 200 g/mol. The van der Waals surface area contributed by atoms with E-state index >= 15 is 0 Å². The fourth-order valence-electron chi connectivity index (χ4n) is 8.08. The molecule has 8 unspecified atom stereocenters. The van der Waals surface area contributed by atoms with Crippen LogP contribution in [0.25, 0.3) is 0 Å². The summed E-state index contributed by atoms with van der Waals surface area (Å²) in [5.74, 6) is 10.1. The molecule has 4 bridgehead atoms. The maximum Gasteiger partial charge on any atom is -0.0162 e. The molecule has 0 saturated heterocycles. The fraction of sp³-hybridized carbons (Fsp3) is 1.00. The average Bonchev–Trinajstić information content (AvgIpc) is 2.83. The molecule has 6 aliphatic rings. The summed E-state index contributed by atoms with van der Waals surface area (Å²) in [6.45, 7) is 0. The van der Waals surface area contributed by atoms with Crippen LogP contribution >= 0.6 is 0 Å². The summed E-state index contributed by atoms with van der Waals surface area (Å²) in [6.07, 6.45) is 9.83. The van der Waals surface area contributed by atoms with Crippen molar-refractivity contribution in [2.45, 2.75) is 38.5 Å². The molecule has 8 atom stereocenters. The zero-order valence-electron chi connectivity index (χ0n) is 9.36. The maximum atomic E-state index is 1.66. The van der Waals surface area contributed by atoms with Gasteiger partial charge in [0.05, 0.1) is 0 Å². The number of hydrogen-bond acceptors (Lipinski definition) is 0. The first-order chi connectivity index (χ1) is 7.42. The van der Waals surface area contributed by atoms with Crippen LogP contribution < -0.4 is 0 Å². The number of hydrogen-bond donors (Lipinski definition) is 0. The molecule has 1 spiro atoms. The summed E-state index contributed by atoms with van der Waals surface area (Å²) in [5.41, 5.74) is 1.04. The standard InChI is InChI=1S/C15H20/c1-2-8-5-7(1)11-12(8)15(11)13-9-3-4-10(6-9)14(13)15/h7-14H,1-6H2. The third-order valence-corrected chi connectivity index (χ3v) is 7.92. The van der Waals surface area contributed by atoms with Crippen LogP contribution in [0.5, 0.6) is 0 Å². The van der Waals surface area contributed by atoms with Crippen molar-refractivity contribution in [3.05, 3.63) is 0 Å². The quantitative estimate of drug-likeness (QED) is 0.562. The van der Waals surface area contributed by atoms with Gasteiger partial charge in [-0.3, -0.25) is 0 Å². The second-order valence-electron chi connectivity index (χ2n) is 7.77. The first-order valence-electron chi connectivity index (χ1n) is 7.42. The smallest absolute Gasteiger partial charge is 0.0162 e. The van der Waals surface area contributed by atoms with Crippen LogP contribution in [0.15, 0.2) is 0 Å². The Morgan fingerprint density at radius 3 is 1.20 bits per heavy atom. The molecule has 0 N–H and O–H groups in total. The van der Waals surface area contributed by atoms with Crippen LogP contribution in [0.1, 0.15) is 38.5 Å². The summed E-state index contributed by atoms with van der Waals surface area (Å²) in [4.78, 5) is 0. The molecule has 0 aromatic rings. The SMILES string of the molecule is C1CC2CC1C1C2C12C1C3CCC(C3)C12. The molecule has 6 aliphatic carbocycles. The van der Waals surface area contributed by atoms with Crippen LogP contribution in [0, 0.1) is 52.8 Å². The highest BCUT2D eigenvalue weighted by molar-refractivity contribution is 5.38. The van der Waals surface area contributed by atoms with E-state index in [0.717, 1.165) is 5.41 Å². The van der Waals surface area contributed by atoms with Crippen molar-refractivity contribution in [2.24, 2.45) is 52.8 Å². The van der Waals surface area contributed by atoms with E-state index in [1.165, 1.54) is 47.3 Å². The van der Waals surface area contributed by atoms with Crippen molar-refractivity contribution >= 4 is 0 Å². The van der Waals surface area contributed by atoms with Gasteiger partial charge < -0.3 is 0 Å². The van der Waals surface area contributed by atoms with Crippen LogP contribution in [0.3, 0.4) is 0 Å². The highest BCUT2D eigenvalue weighted by atomic mass is 15.0. The van der Waals surface area contributed by atoms with Crippen molar-refractivity contribution in [3.63, 3.8) is 0 Å². The van der Waals surface area contributed by atoms with E-state index < -0.39 is 0 Å². The minimum Gasteiger partial charge on any atom is -0.0499 e. The minimum atomic E-state index is 1.04. The molecule has 6 rings (SSSR count). The van der Waals surface area contributed by atoms with Gasteiger partial charge in [-0.25, -0.2) is 0 Å². The lowest BCUT2D eigenvalue weighted by Crippen LogP contribution is -2.08. The zero-order valence-corrected chi connectivity index (χ0v) is 9.36. The van der Waals surface area contributed by atoms with Gasteiger partial charge in [0.15, 0.2) is 0 Å². The molecule has 6 fully saturated rings. The monoisotopic (exact) mass is 200 g/mol. The molecular formula is C15H20. The van der Waals surface area contributed by atoms with E-state index in [0.29, 0.717) is 0 Å². The molecule has 0 nitrogen and oxygen atoms in total. The van der Waals surface area contributed by atoms with Gasteiger partial charge in [-0.15, -0.1) is 0 Å². The first kappa shape index (κ1) is 7.35. The van der Waals surface area contributed by atoms with Gasteiger partial charge in [0.2, 0.25) is 0 Å². The Morgan fingerprint density at radius 2 is 0.867 bits per heavy atom. The van der Waals surface area contributed by atoms with Crippen molar-refractivity contribution in [1.82, 2.24) is 0 Å². The van der Waals surface area contributed by atoms with Gasteiger partial charge in [0, 0.05) is 0 Å². The molecule has 0 amide bonds. The second-order valence-corrected chi connectivity index (χ2v) is 7.77. The van der Waals surface area contributed by atoms with E-state index in [1.807, 2.05) is 0 Å². The van der Waals surface area contributed by atoms with Gasteiger partial charge in [-0.05, 0) is 91.3 Å². The van der Waals surface area contributed by atoms with Gasteiger partial charge in [0.25, 0.3) is 0 Å². The van der Waals surface area contributed by atoms with E-state index in [9.17, 15) is 0 Å². The molecule has 6 saturated carbocycles. The normalized spacial score (nSPS) is 80.0. The lowest BCUT2D eigenvalue weighted by atomic mass is 9.91. The van der Waals surface area contributed by atoms with Gasteiger partial charge in [-0.2, -0.15) is 0 Å². The number of fused-ring (bicyclic) bond motifs is 14. The van der Waals surface area contributed by atoms with Crippen LogP contribution in [0.2, 0.25) is 0 Å². The molecular weight excluding hydrogens is 180 g/mol. The topological polar surface area (TPSA) is 0 Å². The predicted octanol–water partition coefficient (Wildman–Crippen LogP) is 3.32. The van der Waals surface area contributed by atoms with Gasteiger partial charge >= 0.3 is 0 Å². The Bertz CT molecular complexity index is 299. The highest BCUT2D eigenvalue weighted by Gasteiger charge is 2.92. The lowest BCUT2D eigenvalue weighted by molar-refractivity contribution is 0.343. The largest absolute Gasteiger partial charge is 0.0499 e. The van der Waals surface area contributed by atoms with Gasteiger partial charge in [0.1, 0.15) is 0 Å². The molecule has 0 heterocycles. The molecule has 0 heteroatoms. The van der Waals surface area contributed by atoms with E-state index in [4.69, 9.17) is 0 Å². The summed E-state index contributed by atoms with van der Waals surface area (Å²) in [6, 6.07) is 0. The maximum absolute atomic E-state index is 1.66. The predicted molar refractivity (Wildman–Crippen MR) is 58.1 cm³/mol. The third kappa shape index (κ3) is 0.524. The lowest BCUT2D eigenvalue weighted by Gasteiger charge is -2.14. The Labute approximate surface area is 91.8 Å². The van der Waals surface area contributed by atoms with Gasteiger partial charge in [-0.1, -0.05) is 0 Å². The highest BCUT2D eigenvalue weighted by Crippen LogP contribution is 2.96. The first-order valence-corrected chi connectivity index (χ1v) is 7.42. The summed E-state index contributed by atoms with van der Waals surface area (Å²) < 4.78 is 0. The molecule has 80 valence electrons. The molecule has 0 aliphatic heterocycles. The third-order valence-electron chi connectivity index (χ3n) is 7.92. The molecule has 0 radical (unpaired) electrons. The second kappa shape index (κ2) is 1.83. The summed E-state index contributed by atoms with van der Waals surface area (Å²) >= 11 is 0.